The number of hydrogen-bond donors (Lipinski definition) is 2. The van der Waals surface area contributed by atoms with Crippen LogP contribution in [0.25, 0.3) is 0 Å². The van der Waals surface area contributed by atoms with Crippen LogP contribution in [-0.4, -0.2) is 24.0 Å². The molecule has 116 valence electrons. The van der Waals surface area contributed by atoms with Gasteiger partial charge in [0.05, 0.1) is 5.69 Å². The van der Waals surface area contributed by atoms with Crippen LogP contribution in [0.5, 0.6) is 0 Å². The highest BCUT2D eigenvalue weighted by Crippen LogP contribution is 2.33. The Kier molecular flexibility index (Phi) is 4.91. The minimum absolute atomic E-state index is 0.125. The Morgan fingerprint density at radius 3 is 3.10 bits per heavy atom. The summed E-state index contributed by atoms with van der Waals surface area (Å²) in [6.07, 6.45) is 7.53. The first kappa shape index (κ1) is 15.0. The third kappa shape index (κ3) is 3.83. The monoisotopic (exact) mass is 307 g/mol. The highest BCUT2D eigenvalue weighted by atomic mass is 32.1. The van der Waals surface area contributed by atoms with Gasteiger partial charge >= 0.3 is 0 Å². The molecule has 21 heavy (non-hydrogen) atoms. The summed E-state index contributed by atoms with van der Waals surface area (Å²) in [5, 5.41) is 7.16. The van der Waals surface area contributed by atoms with Gasteiger partial charge in [-0.3, -0.25) is 4.79 Å². The number of carbonyl (C=O) groups excluding carboxylic acids is 1. The molecular weight excluding hydrogens is 282 g/mol. The van der Waals surface area contributed by atoms with Crippen molar-refractivity contribution in [3.8, 4) is 0 Å². The molecule has 2 aliphatic rings. The minimum atomic E-state index is 0.125. The van der Waals surface area contributed by atoms with E-state index in [9.17, 15) is 4.79 Å². The molecule has 2 heterocycles. The Morgan fingerprint density at radius 2 is 2.33 bits per heavy atom. The van der Waals surface area contributed by atoms with Crippen LogP contribution in [0.4, 0.5) is 5.13 Å². The number of carbonyl (C=O) groups is 1. The van der Waals surface area contributed by atoms with Crippen LogP contribution in [0, 0.1) is 11.8 Å². The molecule has 0 saturated carbocycles. The first-order valence-corrected chi connectivity index (χ1v) is 9.05. The van der Waals surface area contributed by atoms with Crippen LogP contribution >= 0.6 is 11.3 Å². The summed E-state index contributed by atoms with van der Waals surface area (Å²) in [7, 11) is 0. The molecule has 0 bridgehead atoms. The maximum Gasteiger partial charge on any atom is 0.226 e. The Morgan fingerprint density at radius 1 is 1.43 bits per heavy atom. The number of fused-ring (bicyclic) bond motifs is 1. The highest BCUT2D eigenvalue weighted by molar-refractivity contribution is 7.15. The molecule has 1 aromatic heterocycles. The number of amides is 1. The van der Waals surface area contributed by atoms with Gasteiger partial charge in [0, 0.05) is 11.3 Å². The van der Waals surface area contributed by atoms with Gasteiger partial charge < -0.3 is 10.6 Å². The predicted molar refractivity (Wildman–Crippen MR) is 86.8 cm³/mol. The summed E-state index contributed by atoms with van der Waals surface area (Å²) >= 11 is 1.69. The first-order chi connectivity index (χ1) is 10.2. The molecule has 5 heteroatoms. The van der Waals surface area contributed by atoms with E-state index in [2.05, 4.69) is 22.5 Å². The number of thiazole rings is 1. The van der Waals surface area contributed by atoms with E-state index >= 15 is 0 Å². The van der Waals surface area contributed by atoms with E-state index in [4.69, 9.17) is 0 Å². The molecule has 0 radical (unpaired) electrons. The fourth-order valence-electron chi connectivity index (χ4n) is 3.32. The quantitative estimate of drug-likeness (QED) is 0.879. The average Bonchev–Trinajstić information content (AvgIpc) is 3.13. The summed E-state index contributed by atoms with van der Waals surface area (Å²) in [6.45, 7) is 4.43. The van der Waals surface area contributed by atoms with E-state index in [0.29, 0.717) is 12.3 Å². The fraction of sp³-hybridized carbons (Fsp3) is 0.750. The third-order valence-corrected chi connectivity index (χ3v) is 5.84. The molecule has 0 aromatic carbocycles. The van der Waals surface area contributed by atoms with Gasteiger partial charge in [0.15, 0.2) is 5.13 Å². The van der Waals surface area contributed by atoms with Gasteiger partial charge in [-0.15, -0.1) is 11.3 Å². The summed E-state index contributed by atoms with van der Waals surface area (Å²) in [4.78, 5) is 18.0. The molecular formula is C16H25N3OS. The van der Waals surface area contributed by atoms with Gasteiger partial charge in [0.1, 0.15) is 0 Å². The van der Waals surface area contributed by atoms with E-state index in [1.807, 2.05) is 0 Å². The molecule has 1 aliphatic heterocycles. The Bertz CT molecular complexity index is 494. The van der Waals surface area contributed by atoms with Gasteiger partial charge in [-0.05, 0) is 57.0 Å². The zero-order valence-corrected chi connectivity index (χ0v) is 13.6. The van der Waals surface area contributed by atoms with E-state index < -0.39 is 0 Å². The fourth-order valence-corrected chi connectivity index (χ4v) is 4.46. The van der Waals surface area contributed by atoms with Gasteiger partial charge in [0.2, 0.25) is 5.91 Å². The zero-order chi connectivity index (χ0) is 14.7. The van der Waals surface area contributed by atoms with Crippen LogP contribution in [0.15, 0.2) is 0 Å². The van der Waals surface area contributed by atoms with E-state index in [1.54, 1.807) is 11.3 Å². The Balaban J connectivity index is 1.51. The number of aryl methyl sites for hydroxylation is 1. The van der Waals surface area contributed by atoms with Crippen LogP contribution in [-0.2, 0) is 17.6 Å². The smallest absolute Gasteiger partial charge is 0.226 e. The molecule has 4 nitrogen and oxygen atoms in total. The van der Waals surface area contributed by atoms with Gasteiger partial charge in [-0.2, -0.15) is 0 Å². The Labute approximate surface area is 130 Å². The summed E-state index contributed by atoms with van der Waals surface area (Å²) in [6, 6.07) is 0. The summed E-state index contributed by atoms with van der Waals surface area (Å²) in [5.41, 5.74) is 1.22. The topological polar surface area (TPSA) is 54.0 Å². The minimum Gasteiger partial charge on any atom is -0.316 e. The van der Waals surface area contributed by atoms with Crippen molar-refractivity contribution in [3.63, 3.8) is 0 Å². The lowest BCUT2D eigenvalue weighted by molar-refractivity contribution is -0.116. The van der Waals surface area contributed by atoms with Crippen molar-refractivity contribution in [2.75, 3.05) is 18.4 Å². The number of hydrogen-bond acceptors (Lipinski definition) is 4. The predicted octanol–water partition coefficient (Wildman–Crippen LogP) is 2.99. The van der Waals surface area contributed by atoms with Crippen molar-refractivity contribution >= 4 is 22.4 Å². The maximum atomic E-state index is 12.0. The molecule has 2 atom stereocenters. The number of anilines is 1. The molecule has 1 amide bonds. The van der Waals surface area contributed by atoms with Crippen molar-refractivity contribution < 1.29 is 4.79 Å². The van der Waals surface area contributed by atoms with Crippen molar-refractivity contribution in [2.24, 2.45) is 11.8 Å². The number of aromatic nitrogens is 1. The van der Waals surface area contributed by atoms with Crippen LogP contribution in [0.2, 0.25) is 0 Å². The van der Waals surface area contributed by atoms with Crippen molar-refractivity contribution in [1.29, 1.82) is 0 Å². The van der Waals surface area contributed by atoms with Crippen LogP contribution < -0.4 is 10.6 Å². The van der Waals surface area contributed by atoms with Crippen molar-refractivity contribution in [1.82, 2.24) is 10.3 Å². The van der Waals surface area contributed by atoms with E-state index in [1.165, 1.54) is 29.8 Å². The van der Waals surface area contributed by atoms with Crippen LogP contribution in [0.1, 0.15) is 49.6 Å². The molecule has 1 saturated heterocycles. The number of nitrogens with zero attached hydrogens (tertiary/aromatic N) is 1. The lowest BCUT2D eigenvalue weighted by Crippen LogP contribution is -2.15. The Hall–Kier alpha value is -0.940. The van der Waals surface area contributed by atoms with Gasteiger partial charge in [0.25, 0.3) is 0 Å². The molecule has 1 fully saturated rings. The largest absolute Gasteiger partial charge is 0.316 e. The zero-order valence-electron chi connectivity index (χ0n) is 12.8. The van der Waals surface area contributed by atoms with E-state index in [-0.39, 0.29) is 5.91 Å². The highest BCUT2D eigenvalue weighted by Gasteiger charge is 2.22. The van der Waals surface area contributed by atoms with Crippen molar-refractivity contribution in [2.45, 2.75) is 51.9 Å². The van der Waals surface area contributed by atoms with Crippen LogP contribution in [0.3, 0.4) is 0 Å². The third-order valence-electron chi connectivity index (χ3n) is 4.81. The van der Waals surface area contributed by atoms with Crippen molar-refractivity contribution in [3.05, 3.63) is 10.6 Å². The average molecular weight is 307 g/mol. The molecule has 1 aromatic rings. The molecule has 0 spiro atoms. The normalized spacial score (nSPS) is 24.8. The first-order valence-electron chi connectivity index (χ1n) is 8.23. The maximum absolute atomic E-state index is 12.0. The summed E-state index contributed by atoms with van der Waals surface area (Å²) in [5.74, 6) is 1.60. The second-order valence-electron chi connectivity index (χ2n) is 6.35. The standard InChI is InChI=1S/C16H25N3OS/c1-2-11-3-5-13-14(9-11)21-16(18-13)19-15(20)6-4-12-7-8-17-10-12/h11-12,17H,2-10H2,1H3,(H,18,19,20). The van der Waals surface area contributed by atoms with Gasteiger partial charge in [-0.25, -0.2) is 4.98 Å². The second kappa shape index (κ2) is 6.88. The summed E-state index contributed by atoms with van der Waals surface area (Å²) < 4.78 is 0. The molecule has 1 aliphatic carbocycles. The second-order valence-corrected chi connectivity index (χ2v) is 7.44. The lowest BCUT2D eigenvalue weighted by atomic mass is 9.89. The SMILES string of the molecule is CCC1CCc2nc(NC(=O)CCC3CCNC3)sc2C1. The molecule has 2 N–H and O–H groups in total. The molecule has 2 unspecified atom stereocenters. The van der Waals surface area contributed by atoms with Gasteiger partial charge in [-0.1, -0.05) is 13.3 Å². The number of rotatable bonds is 5. The lowest BCUT2D eigenvalue weighted by Gasteiger charge is -2.18. The van der Waals surface area contributed by atoms with E-state index in [0.717, 1.165) is 43.4 Å². The number of nitrogens with one attached hydrogen (secondary N) is 2. The molecule has 3 rings (SSSR count).